The SMILES string of the molecule is CCCCCC[N+](CCCCCC)(CCCCCC)CCCCCCCCCCCCCCCCCCCC(=O)O. The van der Waals surface area contributed by atoms with E-state index in [1.807, 2.05) is 0 Å². The molecule has 0 radical (unpaired) electrons. The van der Waals surface area contributed by atoms with Crippen LogP contribution in [0, 0.1) is 0 Å². The molecule has 0 bridgehead atoms. The van der Waals surface area contributed by atoms with Crippen molar-refractivity contribution in [3.8, 4) is 0 Å². The molecule has 0 aromatic heterocycles. The van der Waals surface area contributed by atoms with E-state index in [1.54, 1.807) is 0 Å². The number of quaternary nitrogens is 1. The Kier molecular flexibility index (Phi) is 31.9. The van der Waals surface area contributed by atoms with Gasteiger partial charge in [-0.25, -0.2) is 0 Å². The fourth-order valence-electron chi connectivity index (χ4n) is 6.67. The maximum Gasteiger partial charge on any atom is 0.303 e. The Bertz CT molecular complexity index is 489. The Balaban J connectivity index is 3.98. The molecule has 0 amide bonds. The summed E-state index contributed by atoms with van der Waals surface area (Å²) < 4.78 is 1.45. The van der Waals surface area contributed by atoms with Gasteiger partial charge < -0.3 is 9.59 Å². The molecule has 0 aliphatic heterocycles. The Morgan fingerprint density at radius 3 is 0.829 bits per heavy atom. The molecular weight excluding hydrogens is 502 g/mol. The van der Waals surface area contributed by atoms with Gasteiger partial charge in [0.2, 0.25) is 0 Å². The summed E-state index contributed by atoms with van der Waals surface area (Å²) >= 11 is 0. The molecule has 0 spiro atoms. The lowest BCUT2D eigenvalue weighted by atomic mass is 10.0. The van der Waals surface area contributed by atoms with Crippen molar-refractivity contribution in [2.75, 3.05) is 26.2 Å². The number of carboxylic acids is 1. The van der Waals surface area contributed by atoms with Crippen molar-refractivity contribution >= 4 is 5.97 Å². The first-order valence-corrected chi connectivity index (χ1v) is 19.2. The fraction of sp³-hybridized carbons (Fsp3) is 0.974. The molecule has 246 valence electrons. The van der Waals surface area contributed by atoms with Crippen LogP contribution in [0.4, 0.5) is 0 Å². The van der Waals surface area contributed by atoms with Gasteiger partial charge in [-0.05, 0) is 57.8 Å². The quantitative estimate of drug-likeness (QED) is 0.0598. The van der Waals surface area contributed by atoms with Crippen molar-refractivity contribution in [2.24, 2.45) is 0 Å². The molecule has 0 heterocycles. The van der Waals surface area contributed by atoms with Crippen LogP contribution >= 0.6 is 0 Å². The minimum atomic E-state index is -0.647. The van der Waals surface area contributed by atoms with E-state index < -0.39 is 5.97 Å². The predicted molar refractivity (Wildman–Crippen MR) is 183 cm³/mol. The average molecular weight is 581 g/mol. The highest BCUT2D eigenvalue weighted by Gasteiger charge is 2.25. The lowest BCUT2D eigenvalue weighted by molar-refractivity contribution is -0.929. The van der Waals surface area contributed by atoms with Crippen LogP contribution in [-0.4, -0.2) is 41.7 Å². The smallest absolute Gasteiger partial charge is 0.303 e. The molecule has 1 N–H and O–H groups in total. The Hall–Kier alpha value is -0.570. The van der Waals surface area contributed by atoms with Crippen molar-refractivity contribution in [1.82, 2.24) is 0 Å². The first kappa shape index (κ1) is 40.4. The van der Waals surface area contributed by atoms with E-state index in [1.165, 1.54) is 204 Å². The molecule has 0 atom stereocenters. The monoisotopic (exact) mass is 581 g/mol. The number of unbranched alkanes of at least 4 members (excludes halogenated alkanes) is 25. The van der Waals surface area contributed by atoms with E-state index in [-0.39, 0.29) is 0 Å². The van der Waals surface area contributed by atoms with Crippen molar-refractivity contribution in [3.63, 3.8) is 0 Å². The molecule has 0 unspecified atom stereocenters. The van der Waals surface area contributed by atoms with Crippen molar-refractivity contribution < 1.29 is 14.4 Å². The highest BCUT2D eigenvalue weighted by Crippen LogP contribution is 2.20. The van der Waals surface area contributed by atoms with Crippen LogP contribution in [0.3, 0.4) is 0 Å². The van der Waals surface area contributed by atoms with Crippen molar-refractivity contribution in [1.29, 1.82) is 0 Å². The number of carboxylic acid groups (broad SMARTS) is 1. The van der Waals surface area contributed by atoms with E-state index >= 15 is 0 Å². The van der Waals surface area contributed by atoms with Crippen LogP contribution in [0.5, 0.6) is 0 Å². The summed E-state index contributed by atoms with van der Waals surface area (Å²) in [5, 5.41) is 8.67. The summed E-state index contributed by atoms with van der Waals surface area (Å²) in [7, 11) is 0. The first-order chi connectivity index (χ1) is 20.1. The fourth-order valence-corrected chi connectivity index (χ4v) is 6.67. The Labute approximate surface area is 259 Å². The zero-order valence-corrected chi connectivity index (χ0v) is 28.8. The van der Waals surface area contributed by atoms with Crippen LogP contribution in [0.25, 0.3) is 0 Å². The zero-order valence-electron chi connectivity index (χ0n) is 28.8. The second-order valence-electron chi connectivity index (χ2n) is 13.6. The molecule has 0 saturated heterocycles. The van der Waals surface area contributed by atoms with Gasteiger partial charge in [0.05, 0.1) is 26.2 Å². The topological polar surface area (TPSA) is 37.3 Å². The summed E-state index contributed by atoms with van der Waals surface area (Å²) in [6, 6.07) is 0. The van der Waals surface area contributed by atoms with E-state index in [2.05, 4.69) is 20.8 Å². The highest BCUT2D eigenvalue weighted by atomic mass is 16.4. The highest BCUT2D eigenvalue weighted by molar-refractivity contribution is 5.66. The lowest BCUT2D eigenvalue weighted by Gasteiger charge is -2.39. The van der Waals surface area contributed by atoms with E-state index in [4.69, 9.17) is 5.11 Å². The zero-order chi connectivity index (χ0) is 30.1. The van der Waals surface area contributed by atoms with Gasteiger partial charge in [0, 0.05) is 6.42 Å². The molecule has 0 fully saturated rings. The molecule has 3 heteroatoms. The average Bonchev–Trinajstić information content (AvgIpc) is 2.96. The number of aliphatic carboxylic acids is 1. The number of nitrogens with zero attached hydrogens (tertiary/aromatic N) is 1. The summed E-state index contributed by atoms with van der Waals surface area (Å²) in [4.78, 5) is 10.5. The molecule has 41 heavy (non-hydrogen) atoms. The normalized spacial score (nSPS) is 11.9. The van der Waals surface area contributed by atoms with Crippen LogP contribution < -0.4 is 0 Å². The third kappa shape index (κ3) is 29.3. The van der Waals surface area contributed by atoms with Crippen LogP contribution in [-0.2, 0) is 4.79 Å². The van der Waals surface area contributed by atoms with Crippen LogP contribution in [0.2, 0.25) is 0 Å². The number of rotatable bonds is 35. The number of hydrogen-bond acceptors (Lipinski definition) is 1. The Morgan fingerprint density at radius 2 is 0.585 bits per heavy atom. The van der Waals surface area contributed by atoms with Crippen molar-refractivity contribution in [3.05, 3.63) is 0 Å². The van der Waals surface area contributed by atoms with Crippen LogP contribution in [0.1, 0.15) is 213 Å². The van der Waals surface area contributed by atoms with Crippen molar-refractivity contribution in [2.45, 2.75) is 213 Å². The summed E-state index contributed by atoms with van der Waals surface area (Å²) in [5.74, 6) is -0.647. The third-order valence-corrected chi connectivity index (χ3v) is 9.48. The summed E-state index contributed by atoms with van der Waals surface area (Å²) in [6.45, 7) is 12.8. The van der Waals surface area contributed by atoms with Crippen LogP contribution in [0.15, 0.2) is 0 Å². The second-order valence-corrected chi connectivity index (χ2v) is 13.6. The van der Waals surface area contributed by atoms with Gasteiger partial charge in [0.15, 0.2) is 0 Å². The van der Waals surface area contributed by atoms with E-state index in [0.29, 0.717) is 6.42 Å². The maximum atomic E-state index is 10.5. The van der Waals surface area contributed by atoms with E-state index in [0.717, 1.165) is 12.8 Å². The van der Waals surface area contributed by atoms with Gasteiger partial charge in [0.1, 0.15) is 0 Å². The van der Waals surface area contributed by atoms with E-state index in [9.17, 15) is 4.79 Å². The maximum absolute atomic E-state index is 10.5. The van der Waals surface area contributed by atoms with Gasteiger partial charge in [-0.1, -0.05) is 149 Å². The minimum Gasteiger partial charge on any atom is -0.481 e. The van der Waals surface area contributed by atoms with Gasteiger partial charge >= 0.3 is 5.97 Å². The first-order valence-electron chi connectivity index (χ1n) is 19.2. The molecular formula is C38H78NO2+. The number of hydrogen-bond donors (Lipinski definition) is 1. The second kappa shape index (κ2) is 32.3. The molecule has 0 rings (SSSR count). The largest absolute Gasteiger partial charge is 0.481 e. The predicted octanol–water partition coefficient (Wildman–Crippen LogP) is 12.7. The minimum absolute atomic E-state index is 0.345. The Morgan fingerprint density at radius 1 is 0.366 bits per heavy atom. The number of carbonyl (C=O) groups is 1. The van der Waals surface area contributed by atoms with Gasteiger partial charge in [-0.3, -0.25) is 4.79 Å². The molecule has 0 aliphatic rings. The molecule has 0 saturated carbocycles. The summed E-state index contributed by atoms with van der Waals surface area (Å²) in [6.07, 6.45) is 40.3. The molecule has 0 aromatic carbocycles. The molecule has 0 aromatic rings. The molecule has 0 aliphatic carbocycles. The summed E-state index contributed by atoms with van der Waals surface area (Å²) in [5.41, 5.74) is 0. The standard InChI is InChI=1S/C38H77NO2/c1-4-7-10-29-34-39(35-30-11-8-5-2,36-31-12-9-6-3)37-32-27-25-23-21-19-17-15-13-14-16-18-20-22-24-26-28-33-38(40)41/h4-37H2,1-3H3/p+1. The third-order valence-electron chi connectivity index (χ3n) is 9.48. The van der Waals surface area contributed by atoms with Gasteiger partial charge in [-0.15, -0.1) is 0 Å². The van der Waals surface area contributed by atoms with Gasteiger partial charge in [0.25, 0.3) is 0 Å². The lowest BCUT2D eigenvalue weighted by Crippen LogP contribution is -2.50. The molecule has 3 nitrogen and oxygen atoms in total. The van der Waals surface area contributed by atoms with Gasteiger partial charge in [-0.2, -0.15) is 0 Å².